The number of pyridine rings is 1. The van der Waals surface area contributed by atoms with Gasteiger partial charge in [0.25, 0.3) is 0 Å². The van der Waals surface area contributed by atoms with Gasteiger partial charge < -0.3 is 19.9 Å². The second kappa shape index (κ2) is 6.25. The quantitative estimate of drug-likeness (QED) is 0.905. The number of hydrogen-bond donors (Lipinski definition) is 1. The van der Waals surface area contributed by atoms with E-state index < -0.39 is 0 Å². The van der Waals surface area contributed by atoms with Crippen LogP contribution < -0.4 is 19.9 Å². The zero-order valence-electron chi connectivity index (χ0n) is 11.8. The molecule has 1 heterocycles. The molecule has 0 radical (unpaired) electrons. The van der Waals surface area contributed by atoms with Crippen molar-refractivity contribution in [2.75, 3.05) is 21.3 Å². The SMILES string of the molecule is COc1ccc(C(N)c2cccnc2OC)c(OC)c1. The van der Waals surface area contributed by atoms with Crippen LogP contribution in [0.2, 0.25) is 0 Å². The molecule has 0 saturated heterocycles. The first kappa shape index (κ1) is 14.1. The van der Waals surface area contributed by atoms with Gasteiger partial charge in [-0.3, -0.25) is 0 Å². The van der Waals surface area contributed by atoms with Gasteiger partial charge in [0, 0.05) is 23.4 Å². The summed E-state index contributed by atoms with van der Waals surface area (Å²) in [5.74, 6) is 1.90. The molecule has 0 aliphatic carbocycles. The zero-order valence-corrected chi connectivity index (χ0v) is 11.8. The van der Waals surface area contributed by atoms with Crippen LogP contribution in [0.25, 0.3) is 0 Å². The lowest BCUT2D eigenvalue weighted by molar-refractivity contribution is 0.383. The number of ether oxygens (including phenoxy) is 3. The van der Waals surface area contributed by atoms with E-state index in [0.717, 1.165) is 16.9 Å². The van der Waals surface area contributed by atoms with Crippen molar-refractivity contribution in [1.82, 2.24) is 4.98 Å². The molecule has 2 aromatic rings. The molecule has 106 valence electrons. The molecule has 5 heteroatoms. The third kappa shape index (κ3) is 2.67. The second-order valence-corrected chi connectivity index (χ2v) is 4.19. The van der Waals surface area contributed by atoms with E-state index in [0.29, 0.717) is 11.6 Å². The Hall–Kier alpha value is -2.27. The van der Waals surface area contributed by atoms with Gasteiger partial charge in [0.2, 0.25) is 5.88 Å². The normalized spacial score (nSPS) is 11.8. The number of benzene rings is 1. The molecule has 0 aliphatic heterocycles. The highest BCUT2D eigenvalue weighted by atomic mass is 16.5. The molecule has 0 bridgehead atoms. The molecule has 0 spiro atoms. The third-order valence-corrected chi connectivity index (χ3v) is 3.10. The van der Waals surface area contributed by atoms with Crippen LogP contribution in [0.4, 0.5) is 0 Å². The van der Waals surface area contributed by atoms with Gasteiger partial charge in [-0.05, 0) is 18.2 Å². The molecule has 5 nitrogen and oxygen atoms in total. The standard InChI is InChI=1S/C15H18N2O3/c1-18-10-6-7-11(13(9-10)19-2)14(16)12-5-4-8-17-15(12)20-3/h4-9,14H,16H2,1-3H3. The summed E-state index contributed by atoms with van der Waals surface area (Å²) in [7, 11) is 4.79. The Bertz CT molecular complexity index is 587. The van der Waals surface area contributed by atoms with Crippen molar-refractivity contribution in [2.24, 2.45) is 5.73 Å². The van der Waals surface area contributed by atoms with E-state index in [1.807, 2.05) is 24.3 Å². The number of aromatic nitrogens is 1. The van der Waals surface area contributed by atoms with E-state index in [4.69, 9.17) is 19.9 Å². The molecule has 1 aromatic heterocycles. The van der Waals surface area contributed by atoms with Crippen LogP contribution in [0.5, 0.6) is 17.4 Å². The Balaban J connectivity index is 2.45. The number of hydrogen-bond acceptors (Lipinski definition) is 5. The highest BCUT2D eigenvalue weighted by Crippen LogP contribution is 2.34. The minimum atomic E-state index is -0.389. The number of rotatable bonds is 5. The predicted octanol–water partition coefficient (Wildman–Crippen LogP) is 2.16. The topological polar surface area (TPSA) is 66.6 Å². The van der Waals surface area contributed by atoms with Crippen LogP contribution in [-0.2, 0) is 0 Å². The molecule has 1 aromatic carbocycles. The molecule has 20 heavy (non-hydrogen) atoms. The van der Waals surface area contributed by atoms with Gasteiger partial charge in [-0.25, -0.2) is 4.98 Å². The first-order valence-electron chi connectivity index (χ1n) is 6.17. The fourth-order valence-corrected chi connectivity index (χ4v) is 2.05. The lowest BCUT2D eigenvalue weighted by atomic mass is 9.99. The van der Waals surface area contributed by atoms with Crippen molar-refractivity contribution < 1.29 is 14.2 Å². The largest absolute Gasteiger partial charge is 0.497 e. The molecular formula is C15H18N2O3. The van der Waals surface area contributed by atoms with Crippen LogP contribution >= 0.6 is 0 Å². The lowest BCUT2D eigenvalue weighted by Gasteiger charge is -2.18. The van der Waals surface area contributed by atoms with Crippen LogP contribution in [0, 0.1) is 0 Å². The maximum atomic E-state index is 6.32. The van der Waals surface area contributed by atoms with E-state index in [2.05, 4.69) is 4.98 Å². The van der Waals surface area contributed by atoms with Gasteiger partial charge in [0.1, 0.15) is 11.5 Å². The Morgan fingerprint density at radius 2 is 1.80 bits per heavy atom. The smallest absolute Gasteiger partial charge is 0.218 e. The summed E-state index contributed by atoms with van der Waals surface area (Å²) >= 11 is 0. The first-order valence-corrected chi connectivity index (χ1v) is 6.17. The maximum absolute atomic E-state index is 6.32. The van der Waals surface area contributed by atoms with Gasteiger partial charge in [-0.2, -0.15) is 0 Å². The van der Waals surface area contributed by atoms with Gasteiger partial charge in [-0.15, -0.1) is 0 Å². The van der Waals surface area contributed by atoms with Crippen molar-refractivity contribution in [3.05, 3.63) is 47.7 Å². The Morgan fingerprint density at radius 1 is 1.00 bits per heavy atom. The Kier molecular flexibility index (Phi) is 4.42. The van der Waals surface area contributed by atoms with E-state index in [1.165, 1.54) is 0 Å². The van der Waals surface area contributed by atoms with Gasteiger partial charge in [0.15, 0.2) is 0 Å². The van der Waals surface area contributed by atoms with Crippen LogP contribution in [0.3, 0.4) is 0 Å². The molecule has 2 rings (SSSR count). The molecule has 0 aliphatic rings. The van der Waals surface area contributed by atoms with E-state index >= 15 is 0 Å². The predicted molar refractivity (Wildman–Crippen MR) is 76.4 cm³/mol. The fraction of sp³-hybridized carbons (Fsp3) is 0.267. The van der Waals surface area contributed by atoms with Gasteiger partial charge in [0.05, 0.1) is 27.4 Å². The van der Waals surface area contributed by atoms with Crippen molar-refractivity contribution >= 4 is 0 Å². The third-order valence-electron chi connectivity index (χ3n) is 3.10. The average Bonchev–Trinajstić information content (AvgIpc) is 2.53. The number of nitrogens with two attached hydrogens (primary N) is 1. The Morgan fingerprint density at radius 3 is 2.45 bits per heavy atom. The number of nitrogens with zero attached hydrogens (tertiary/aromatic N) is 1. The van der Waals surface area contributed by atoms with Crippen molar-refractivity contribution in [3.63, 3.8) is 0 Å². The molecule has 2 N–H and O–H groups in total. The monoisotopic (exact) mass is 274 g/mol. The summed E-state index contributed by atoms with van der Waals surface area (Å²) < 4.78 is 15.8. The molecule has 1 unspecified atom stereocenters. The minimum absolute atomic E-state index is 0.389. The molecule has 1 atom stereocenters. The highest BCUT2D eigenvalue weighted by Gasteiger charge is 2.18. The summed E-state index contributed by atoms with van der Waals surface area (Å²) in [5, 5.41) is 0. The average molecular weight is 274 g/mol. The van der Waals surface area contributed by atoms with Crippen molar-refractivity contribution in [3.8, 4) is 17.4 Å². The van der Waals surface area contributed by atoms with Crippen LogP contribution in [0.15, 0.2) is 36.5 Å². The van der Waals surface area contributed by atoms with Crippen molar-refractivity contribution in [2.45, 2.75) is 6.04 Å². The summed E-state index contributed by atoms with van der Waals surface area (Å²) in [5.41, 5.74) is 7.97. The fourth-order valence-electron chi connectivity index (χ4n) is 2.05. The van der Waals surface area contributed by atoms with Crippen LogP contribution in [-0.4, -0.2) is 26.3 Å². The summed E-state index contributed by atoms with van der Waals surface area (Å²) in [6, 6.07) is 8.86. The van der Waals surface area contributed by atoms with Crippen LogP contribution in [0.1, 0.15) is 17.2 Å². The molecule has 0 fully saturated rings. The Labute approximate surface area is 118 Å². The zero-order chi connectivity index (χ0) is 14.5. The minimum Gasteiger partial charge on any atom is -0.497 e. The summed E-state index contributed by atoms with van der Waals surface area (Å²) in [4.78, 5) is 4.17. The molecular weight excluding hydrogens is 256 g/mol. The maximum Gasteiger partial charge on any atom is 0.218 e. The second-order valence-electron chi connectivity index (χ2n) is 4.19. The van der Waals surface area contributed by atoms with Crippen molar-refractivity contribution in [1.29, 1.82) is 0 Å². The summed E-state index contributed by atoms with van der Waals surface area (Å²) in [6.45, 7) is 0. The molecule has 0 amide bonds. The highest BCUT2D eigenvalue weighted by molar-refractivity contribution is 5.47. The summed E-state index contributed by atoms with van der Waals surface area (Å²) in [6.07, 6.45) is 1.67. The molecule has 0 saturated carbocycles. The van der Waals surface area contributed by atoms with E-state index in [9.17, 15) is 0 Å². The van der Waals surface area contributed by atoms with E-state index in [-0.39, 0.29) is 6.04 Å². The van der Waals surface area contributed by atoms with E-state index in [1.54, 1.807) is 33.6 Å². The van der Waals surface area contributed by atoms with Gasteiger partial charge >= 0.3 is 0 Å². The lowest BCUT2D eigenvalue weighted by Crippen LogP contribution is -2.14. The van der Waals surface area contributed by atoms with Gasteiger partial charge in [-0.1, -0.05) is 6.07 Å². The first-order chi connectivity index (χ1) is 9.71. The number of methoxy groups -OCH3 is 3.